The van der Waals surface area contributed by atoms with Gasteiger partial charge in [-0.3, -0.25) is 19.3 Å². The molecular weight excluding hydrogens is 603 g/mol. The van der Waals surface area contributed by atoms with E-state index in [2.05, 4.69) is 10.6 Å². The Balaban J connectivity index is 1.64. The molecule has 2 aromatic rings. The van der Waals surface area contributed by atoms with Crippen molar-refractivity contribution in [3.05, 3.63) is 51.5 Å². The number of aromatic hydroxyl groups is 2. The molecule has 2 atom stereocenters. The van der Waals surface area contributed by atoms with Gasteiger partial charge in [-0.15, -0.1) is 0 Å². The number of carbonyl (C=O) groups excluding carboxylic acids is 4. The maximum atomic E-state index is 14.4. The van der Waals surface area contributed by atoms with Crippen molar-refractivity contribution in [1.29, 1.82) is 0 Å². The number of rotatable bonds is 7. The lowest BCUT2D eigenvalue weighted by Crippen LogP contribution is -2.60. The van der Waals surface area contributed by atoms with Crippen LogP contribution in [0.4, 0.5) is 13.6 Å². The zero-order chi connectivity index (χ0) is 31.7. The molecule has 0 spiro atoms. The SMILES string of the molecule is NCCN1CCN(C(=O)NC(C(=O)N[C@H]2Cc3ccc(F)c(C(=O)O)c3OB2O)c2cc(F)c(O)c(O)c2Cl)C(=O)C1=O. The molecule has 4 rings (SSSR count). The predicted molar refractivity (Wildman–Crippen MR) is 141 cm³/mol. The van der Waals surface area contributed by atoms with E-state index in [9.17, 15) is 53.1 Å². The molecule has 0 aromatic heterocycles. The second-order valence-corrected chi connectivity index (χ2v) is 9.80. The van der Waals surface area contributed by atoms with Gasteiger partial charge in [-0.05, 0) is 24.1 Å². The summed E-state index contributed by atoms with van der Waals surface area (Å²) >= 11 is 6.06. The van der Waals surface area contributed by atoms with E-state index in [4.69, 9.17) is 22.0 Å². The predicted octanol–water partition coefficient (Wildman–Crippen LogP) is -0.753. The minimum Gasteiger partial charge on any atom is -0.534 e. The molecule has 228 valence electrons. The van der Waals surface area contributed by atoms with Crippen LogP contribution in [0.3, 0.4) is 0 Å². The molecule has 0 saturated carbocycles. The number of urea groups is 1. The number of carbonyl (C=O) groups is 5. The van der Waals surface area contributed by atoms with Gasteiger partial charge >= 0.3 is 30.9 Å². The number of hydrogen-bond acceptors (Lipinski definition) is 10. The Bertz CT molecular complexity index is 1530. The quantitative estimate of drug-likeness (QED) is 0.115. The highest BCUT2D eigenvalue weighted by atomic mass is 35.5. The van der Waals surface area contributed by atoms with Gasteiger partial charge in [-0.1, -0.05) is 17.7 Å². The summed E-state index contributed by atoms with van der Waals surface area (Å²) in [7, 11) is -1.94. The van der Waals surface area contributed by atoms with Crippen LogP contribution in [-0.2, 0) is 20.8 Å². The van der Waals surface area contributed by atoms with Crippen molar-refractivity contribution >= 4 is 48.4 Å². The summed E-state index contributed by atoms with van der Waals surface area (Å²) in [6.07, 6.45) is -0.303. The number of hydrogen-bond donors (Lipinski definition) is 7. The summed E-state index contributed by atoms with van der Waals surface area (Å²) in [6.45, 7) is -0.286. The Labute approximate surface area is 245 Å². The maximum absolute atomic E-state index is 14.4. The van der Waals surface area contributed by atoms with E-state index < -0.39 is 93.9 Å². The normalized spacial score (nSPS) is 17.2. The van der Waals surface area contributed by atoms with Gasteiger partial charge in [0.1, 0.15) is 23.2 Å². The van der Waals surface area contributed by atoms with Crippen LogP contribution >= 0.6 is 11.6 Å². The Morgan fingerprint density at radius 1 is 1.14 bits per heavy atom. The number of carboxylic acid groups (broad SMARTS) is 1. The largest absolute Gasteiger partial charge is 0.547 e. The third-order valence-electron chi connectivity index (χ3n) is 6.74. The fourth-order valence-corrected chi connectivity index (χ4v) is 4.83. The van der Waals surface area contributed by atoms with Crippen molar-refractivity contribution in [3.8, 4) is 17.2 Å². The van der Waals surface area contributed by atoms with Crippen LogP contribution in [0.1, 0.15) is 27.5 Å². The number of phenolic OH excluding ortho intramolecular Hbond substituents is 2. The second-order valence-electron chi connectivity index (χ2n) is 9.42. The molecule has 5 amide bonds. The summed E-state index contributed by atoms with van der Waals surface area (Å²) in [5.41, 5.74) is 4.06. The Morgan fingerprint density at radius 2 is 1.84 bits per heavy atom. The molecule has 2 heterocycles. The lowest BCUT2D eigenvalue weighted by atomic mass is 9.72. The number of nitrogens with one attached hydrogen (secondary N) is 2. The number of imide groups is 1. The van der Waals surface area contributed by atoms with Crippen molar-refractivity contribution in [2.75, 3.05) is 26.2 Å². The molecule has 1 unspecified atom stereocenters. The van der Waals surface area contributed by atoms with Crippen molar-refractivity contribution < 1.29 is 57.8 Å². The first-order valence-electron chi connectivity index (χ1n) is 12.5. The summed E-state index contributed by atoms with van der Waals surface area (Å²) in [6, 6.07) is -0.763. The van der Waals surface area contributed by atoms with Crippen molar-refractivity contribution in [1.82, 2.24) is 20.4 Å². The van der Waals surface area contributed by atoms with Gasteiger partial charge in [-0.2, -0.15) is 0 Å². The van der Waals surface area contributed by atoms with Crippen LogP contribution in [0.15, 0.2) is 18.2 Å². The Kier molecular flexibility index (Phi) is 8.93. The number of fused-ring (bicyclic) bond motifs is 1. The number of nitrogens with two attached hydrogens (primary N) is 1. The van der Waals surface area contributed by atoms with E-state index in [0.29, 0.717) is 11.0 Å². The zero-order valence-corrected chi connectivity index (χ0v) is 22.6. The number of piperazine rings is 1. The molecule has 8 N–H and O–H groups in total. The van der Waals surface area contributed by atoms with Crippen LogP contribution in [0.2, 0.25) is 5.02 Å². The molecule has 2 aliphatic rings. The number of halogens is 3. The van der Waals surface area contributed by atoms with Gasteiger partial charge in [-0.25, -0.2) is 18.4 Å². The average molecular weight is 626 g/mol. The van der Waals surface area contributed by atoms with Crippen molar-refractivity contribution in [2.24, 2.45) is 5.73 Å². The molecule has 2 aliphatic heterocycles. The minimum atomic E-state index is -2.01. The van der Waals surface area contributed by atoms with Crippen molar-refractivity contribution in [3.63, 3.8) is 0 Å². The maximum Gasteiger partial charge on any atom is 0.547 e. The molecule has 1 fully saturated rings. The number of carboxylic acids is 1. The van der Waals surface area contributed by atoms with E-state index in [0.717, 1.165) is 11.0 Å². The standard InChI is InChI=1S/C24H23BClF2N5O10/c26-15-10(8-12(28)17(34)18(15)35)16(31-24(41)33-6-5-32(4-3-29)21(37)22(33)38)20(36)30-13-7-9-1-2-11(27)14(23(39)40)19(9)43-25(13)42/h1-2,8,13,16,34-35,42H,3-7,29H2,(H,30,36)(H,31,41)(H,39,40)/t13-,16?/m0/s1. The first-order valence-corrected chi connectivity index (χ1v) is 12.8. The lowest BCUT2D eigenvalue weighted by molar-refractivity contribution is -0.153. The topological polar surface area (TPSA) is 232 Å². The highest BCUT2D eigenvalue weighted by Crippen LogP contribution is 2.40. The number of benzene rings is 2. The van der Waals surface area contributed by atoms with Crippen LogP contribution in [-0.4, -0.2) is 99.1 Å². The lowest BCUT2D eigenvalue weighted by Gasteiger charge is -2.34. The average Bonchev–Trinajstić information content (AvgIpc) is 2.95. The van der Waals surface area contributed by atoms with E-state index in [-0.39, 0.29) is 38.2 Å². The van der Waals surface area contributed by atoms with Gasteiger partial charge < -0.3 is 46.3 Å². The molecule has 19 heteroatoms. The van der Waals surface area contributed by atoms with E-state index in [1.165, 1.54) is 6.07 Å². The van der Waals surface area contributed by atoms with Crippen LogP contribution in [0, 0.1) is 11.6 Å². The van der Waals surface area contributed by atoms with Gasteiger partial charge in [0.05, 0.1) is 11.0 Å². The smallest absolute Gasteiger partial charge is 0.534 e. The summed E-state index contributed by atoms with van der Waals surface area (Å²) in [4.78, 5) is 64.7. The van der Waals surface area contributed by atoms with Crippen LogP contribution < -0.4 is 21.0 Å². The van der Waals surface area contributed by atoms with Crippen LogP contribution in [0.5, 0.6) is 17.2 Å². The second kappa shape index (κ2) is 12.3. The Hall–Kier alpha value is -4.68. The van der Waals surface area contributed by atoms with Gasteiger partial charge in [0.25, 0.3) is 0 Å². The molecule has 0 aliphatic carbocycles. The third-order valence-corrected chi connectivity index (χ3v) is 7.14. The summed E-state index contributed by atoms with van der Waals surface area (Å²) in [5, 5.41) is 43.3. The molecule has 43 heavy (non-hydrogen) atoms. The molecule has 0 bridgehead atoms. The van der Waals surface area contributed by atoms with Crippen molar-refractivity contribution in [2.45, 2.75) is 18.4 Å². The fraction of sp³-hybridized carbons (Fsp3) is 0.292. The van der Waals surface area contributed by atoms with E-state index in [1.54, 1.807) is 0 Å². The highest BCUT2D eigenvalue weighted by molar-refractivity contribution is 6.47. The monoisotopic (exact) mass is 625 g/mol. The fourth-order valence-electron chi connectivity index (χ4n) is 4.58. The first kappa shape index (κ1) is 31.3. The minimum absolute atomic E-state index is 0.0439. The summed E-state index contributed by atoms with van der Waals surface area (Å²) in [5.74, 6) is -12.0. The molecule has 1 saturated heterocycles. The molecular formula is C24H23BClF2N5O10. The summed E-state index contributed by atoms with van der Waals surface area (Å²) < 4.78 is 33.7. The third kappa shape index (κ3) is 5.97. The Morgan fingerprint density at radius 3 is 2.49 bits per heavy atom. The van der Waals surface area contributed by atoms with Gasteiger partial charge in [0, 0.05) is 31.7 Å². The molecule has 2 aromatic carbocycles. The van der Waals surface area contributed by atoms with E-state index in [1.807, 2.05) is 0 Å². The number of aromatic carboxylic acids is 1. The van der Waals surface area contributed by atoms with Crippen LogP contribution in [0.25, 0.3) is 0 Å². The zero-order valence-electron chi connectivity index (χ0n) is 21.8. The highest BCUT2D eigenvalue weighted by Gasteiger charge is 2.42. The first-order chi connectivity index (χ1) is 20.3. The number of phenols is 2. The molecule has 0 radical (unpaired) electrons. The van der Waals surface area contributed by atoms with Gasteiger partial charge in [0.2, 0.25) is 5.91 Å². The van der Waals surface area contributed by atoms with E-state index >= 15 is 0 Å². The molecule has 15 nitrogen and oxygen atoms in total. The van der Waals surface area contributed by atoms with Gasteiger partial charge in [0.15, 0.2) is 17.3 Å². The number of amides is 5. The number of nitrogens with zero attached hydrogens (tertiary/aromatic N) is 2.